The Kier molecular flexibility index (Phi) is 5.84. The molecule has 2 rings (SSSR count). The molecule has 0 saturated heterocycles. The molecule has 0 unspecified atom stereocenters. The van der Waals surface area contributed by atoms with E-state index in [2.05, 4.69) is 11.9 Å². The van der Waals surface area contributed by atoms with Gasteiger partial charge >= 0.3 is 0 Å². The van der Waals surface area contributed by atoms with Crippen LogP contribution in [0.15, 0.2) is 54.6 Å². The lowest BCUT2D eigenvalue weighted by Crippen LogP contribution is -2.12. The molecule has 0 aromatic heterocycles. The number of hydrogen-bond donors (Lipinski definition) is 1. The van der Waals surface area contributed by atoms with Crippen molar-refractivity contribution in [1.29, 1.82) is 0 Å². The van der Waals surface area contributed by atoms with Gasteiger partial charge in [-0.25, -0.2) is 0 Å². The Morgan fingerprint density at radius 3 is 2.29 bits per heavy atom. The molecule has 24 heavy (non-hydrogen) atoms. The first-order valence-corrected chi connectivity index (χ1v) is 7.44. The van der Waals surface area contributed by atoms with Crippen LogP contribution in [0.4, 0.5) is 5.69 Å². The van der Waals surface area contributed by atoms with Crippen molar-refractivity contribution in [3.63, 3.8) is 0 Å². The van der Waals surface area contributed by atoms with Crippen molar-refractivity contribution in [2.45, 2.75) is 6.92 Å². The van der Waals surface area contributed by atoms with E-state index in [1.54, 1.807) is 56.7 Å². The molecule has 0 aliphatic carbocycles. The van der Waals surface area contributed by atoms with Crippen LogP contribution in [0, 0.1) is 0 Å². The summed E-state index contributed by atoms with van der Waals surface area (Å²) in [4.78, 5) is 12.3. The predicted octanol–water partition coefficient (Wildman–Crippen LogP) is 3.91. The summed E-state index contributed by atoms with van der Waals surface area (Å²) in [6, 6.07) is 12.1. The van der Waals surface area contributed by atoms with Crippen LogP contribution in [0.1, 0.15) is 17.3 Å². The number of rotatable bonds is 7. The maximum absolute atomic E-state index is 12.3. The van der Waals surface area contributed by atoms with Crippen LogP contribution in [0.25, 0.3) is 0 Å². The normalized spacial score (nSPS) is 9.96. The Balaban J connectivity index is 2.05. The molecule has 2 aromatic rings. The zero-order valence-corrected chi connectivity index (χ0v) is 14.1. The summed E-state index contributed by atoms with van der Waals surface area (Å²) < 4.78 is 15.9. The van der Waals surface area contributed by atoms with E-state index >= 15 is 0 Å². The maximum atomic E-state index is 12.3. The van der Waals surface area contributed by atoms with E-state index in [0.29, 0.717) is 35.1 Å². The van der Waals surface area contributed by atoms with Gasteiger partial charge in [-0.15, -0.1) is 0 Å². The predicted molar refractivity (Wildman–Crippen MR) is 94.3 cm³/mol. The van der Waals surface area contributed by atoms with Gasteiger partial charge in [0, 0.05) is 17.3 Å². The SMILES string of the molecule is C=C(C)COc1ccc(C(=O)Nc2ccc(OC)c(OC)c2)cc1. The largest absolute Gasteiger partial charge is 0.493 e. The van der Waals surface area contributed by atoms with Gasteiger partial charge in [-0.05, 0) is 48.9 Å². The molecule has 0 atom stereocenters. The molecular formula is C19H21NO4. The van der Waals surface area contributed by atoms with Crippen LogP contribution >= 0.6 is 0 Å². The van der Waals surface area contributed by atoms with Crippen molar-refractivity contribution in [2.24, 2.45) is 0 Å². The molecule has 0 heterocycles. The lowest BCUT2D eigenvalue weighted by Gasteiger charge is -2.11. The molecule has 0 radical (unpaired) electrons. The fourth-order valence-corrected chi connectivity index (χ4v) is 2.03. The first-order valence-electron chi connectivity index (χ1n) is 7.44. The van der Waals surface area contributed by atoms with E-state index in [-0.39, 0.29) is 5.91 Å². The molecule has 0 saturated carbocycles. The number of anilines is 1. The third-order valence-electron chi connectivity index (χ3n) is 3.24. The van der Waals surface area contributed by atoms with E-state index in [1.165, 1.54) is 0 Å². The van der Waals surface area contributed by atoms with Gasteiger partial charge < -0.3 is 19.5 Å². The van der Waals surface area contributed by atoms with Crippen LogP contribution in [0.5, 0.6) is 17.2 Å². The standard InChI is InChI=1S/C19H21NO4/c1-13(2)12-24-16-8-5-14(6-9-16)19(21)20-15-7-10-17(22-3)18(11-15)23-4/h5-11H,1,12H2,2-4H3,(H,20,21). The Morgan fingerprint density at radius 1 is 1.04 bits per heavy atom. The van der Waals surface area contributed by atoms with Crippen LogP contribution in [0.3, 0.4) is 0 Å². The first-order chi connectivity index (χ1) is 11.5. The van der Waals surface area contributed by atoms with Gasteiger partial charge in [0.15, 0.2) is 11.5 Å². The number of methoxy groups -OCH3 is 2. The minimum atomic E-state index is -0.214. The quantitative estimate of drug-likeness (QED) is 0.783. The molecule has 0 aliphatic rings. The van der Waals surface area contributed by atoms with Crippen molar-refractivity contribution in [3.8, 4) is 17.2 Å². The monoisotopic (exact) mass is 327 g/mol. The van der Waals surface area contributed by atoms with Crippen LogP contribution in [-0.2, 0) is 0 Å². The van der Waals surface area contributed by atoms with E-state index < -0.39 is 0 Å². The van der Waals surface area contributed by atoms with Gasteiger partial charge in [0.2, 0.25) is 0 Å². The zero-order valence-electron chi connectivity index (χ0n) is 14.1. The van der Waals surface area contributed by atoms with Crippen LogP contribution < -0.4 is 19.5 Å². The number of carbonyl (C=O) groups excluding carboxylic acids is 1. The van der Waals surface area contributed by atoms with Gasteiger partial charge in [0.25, 0.3) is 5.91 Å². The van der Waals surface area contributed by atoms with Gasteiger partial charge in [0.1, 0.15) is 12.4 Å². The highest BCUT2D eigenvalue weighted by molar-refractivity contribution is 6.04. The summed E-state index contributed by atoms with van der Waals surface area (Å²) in [6.45, 7) is 6.13. The molecule has 0 spiro atoms. The smallest absolute Gasteiger partial charge is 0.255 e. The van der Waals surface area contributed by atoms with Gasteiger partial charge in [-0.1, -0.05) is 6.58 Å². The topological polar surface area (TPSA) is 56.8 Å². The Hall–Kier alpha value is -2.95. The lowest BCUT2D eigenvalue weighted by molar-refractivity contribution is 0.102. The van der Waals surface area contributed by atoms with Gasteiger partial charge in [-0.2, -0.15) is 0 Å². The summed E-state index contributed by atoms with van der Waals surface area (Å²) in [5.74, 6) is 1.64. The van der Waals surface area contributed by atoms with Crippen molar-refractivity contribution < 1.29 is 19.0 Å². The summed E-state index contributed by atoms with van der Waals surface area (Å²) >= 11 is 0. The first kappa shape index (κ1) is 17.4. The third-order valence-corrected chi connectivity index (χ3v) is 3.24. The Labute approximate surface area is 141 Å². The summed E-state index contributed by atoms with van der Waals surface area (Å²) in [7, 11) is 3.11. The van der Waals surface area contributed by atoms with E-state index in [9.17, 15) is 4.79 Å². The highest BCUT2D eigenvalue weighted by Gasteiger charge is 2.09. The zero-order chi connectivity index (χ0) is 17.5. The molecule has 0 fully saturated rings. The fraction of sp³-hybridized carbons (Fsp3) is 0.211. The highest BCUT2D eigenvalue weighted by Crippen LogP contribution is 2.30. The number of ether oxygens (including phenoxy) is 3. The lowest BCUT2D eigenvalue weighted by atomic mass is 10.2. The van der Waals surface area contributed by atoms with Crippen molar-refractivity contribution in [3.05, 3.63) is 60.2 Å². The molecule has 1 amide bonds. The minimum absolute atomic E-state index is 0.214. The minimum Gasteiger partial charge on any atom is -0.493 e. The van der Waals surface area contributed by atoms with Gasteiger partial charge in [-0.3, -0.25) is 4.79 Å². The highest BCUT2D eigenvalue weighted by atomic mass is 16.5. The number of amides is 1. The van der Waals surface area contributed by atoms with Crippen molar-refractivity contribution >= 4 is 11.6 Å². The molecule has 1 N–H and O–H groups in total. The van der Waals surface area contributed by atoms with Gasteiger partial charge in [0.05, 0.1) is 14.2 Å². The van der Waals surface area contributed by atoms with Crippen molar-refractivity contribution in [2.75, 3.05) is 26.1 Å². The average molecular weight is 327 g/mol. The second-order valence-electron chi connectivity index (χ2n) is 5.29. The number of hydrogen-bond acceptors (Lipinski definition) is 4. The second-order valence-corrected chi connectivity index (χ2v) is 5.29. The number of benzene rings is 2. The second kappa shape index (κ2) is 8.06. The van der Waals surface area contributed by atoms with E-state index in [0.717, 1.165) is 5.57 Å². The van der Waals surface area contributed by atoms with E-state index in [4.69, 9.17) is 14.2 Å². The van der Waals surface area contributed by atoms with Crippen LogP contribution in [-0.4, -0.2) is 26.7 Å². The van der Waals surface area contributed by atoms with Crippen molar-refractivity contribution in [1.82, 2.24) is 0 Å². The summed E-state index contributed by atoms with van der Waals surface area (Å²) in [6.07, 6.45) is 0. The molecule has 126 valence electrons. The van der Waals surface area contributed by atoms with E-state index in [1.807, 2.05) is 6.92 Å². The maximum Gasteiger partial charge on any atom is 0.255 e. The Morgan fingerprint density at radius 2 is 1.71 bits per heavy atom. The molecule has 5 nitrogen and oxygen atoms in total. The number of carbonyl (C=O) groups is 1. The fourth-order valence-electron chi connectivity index (χ4n) is 2.03. The molecule has 5 heteroatoms. The molecular weight excluding hydrogens is 306 g/mol. The number of nitrogens with one attached hydrogen (secondary N) is 1. The summed E-state index contributed by atoms with van der Waals surface area (Å²) in [5.41, 5.74) is 2.10. The molecule has 0 aliphatic heterocycles. The van der Waals surface area contributed by atoms with Crippen LogP contribution in [0.2, 0.25) is 0 Å². The molecule has 0 bridgehead atoms. The summed E-state index contributed by atoms with van der Waals surface area (Å²) in [5, 5.41) is 2.82. The average Bonchev–Trinajstić information content (AvgIpc) is 2.60. The third kappa shape index (κ3) is 4.52. The Bertz CT molecular complexity index is 723. The molecule has 2 aromatic carbocycles.